The SMILES string of the molecule is CC(C)C(C(=O)N1CSC[C@H]1C(=O)O)c1ccc(Cl)cc1. The van der Waals surface area contributed by atoms with Gasteiger partial charge in [-0.1, -0.05) is 37.6 Å². The summed E-state index contributed by atoms with van der Waals surface area (Å²) in [4.78, 5) is 25.5. The molecule has 1 amide bonds. The van der Waals surface area contributed by atoms with Crippen LogP contribution in [0.25, 0.3) is 0 Å². The van der Waals surface area contributed by atoms with Gasteiger partial charge < -0.3 is 10.0 Å². The van der Waals surface area contributed by atoms with Gasteiger partial charge in [0, 0.05) is 10.8 Å². The lowest BCUT2D eigenvalue weighted by molar-refractivity contribution is -0.148. The molecule has 1 aliphatic rings. The van der Waals surface area contributed by atoms with Gasteiger partial charge in [0.1, 0.15) is 6.04 Å². The second-order valence-electron chi connectivity index (χ2n) is 5.44. The number of carboxylic acid groups (broad SMARTS) is 1. The van der Waals surface area contributed by atoms with E-state index in [0.717, 1.165) is 5.56 Å². The van der Waals surface area contributed by atoms with Gasteiger partial charge in [-0.05, 0) is 23.6 Å². The Hall–Kier alpha value is -1.20. The first kappa shape index (κ1) is 16.2. The van der Waals surface area contributed by atoms with Gasteiger partial charge in [0.25, 0.3) is 0 Å². The molecule has 0 spiro atoms. The van der Waals surface area contributed by atoms with Gasteiger partial charge in [-0.2, -0.15) is 0 Å². The summed E-state index contributed by atoms with van der Waals surface area (Å²) in [5.74, 6) is -0.433. The second-order valence-corrected chi connectivity index (χ2v) is 6.87. The third-order valence-corrected chi connectivity index (χ3v) is 4.88. The fourth-order valence-corrected chi connectivity index (χ4v) is 3.81. The standard InChI is InChI=1S/C15H18ClNO3S/c1-9(2)13(10-3-5-11(16)6-4-10)14(18)17-8-21-7-12(17)15(19)20/h3-6,9,12-13H,7-8H2,1-2H3,(H,19,20)/t12-,13?/m0/s1. The Morgan fingerprint density at radius 2 is 1.95 bits per heavy atom. The number of nitrogens with zero attached hydrogens (tertiary/aromatic N) is 1. The Bertz CT molecular complexity index is 532. The van der Waals surface area contributed by atoms with E-state index in [1.807, 2.05) is 26.0 Å². The minimum Gasteiger partial charge on any atom is -0.480 e. The molecule has 1 aromatic carbocycles. The van der Waals surface area contributed by atoms with Crippen molar-refractivity contribution in [2.45, 2.75) is 25.8 Å². The number of carbonyl (C=O) groups is 2. The van der Waals surface area contributed by atoms with Crippen LogP contribution in [0.1, 0.15) is 25.3 Å². The number of carbonyl (C=O) groups excluding carboxylic acids is 1. The summed E-state index contributed by atoms with van der Waals surface area (Å²) in [6, 6.07) is 6.46. The summed E-state index contributed by atoms with van der Waals surface area (Å²) < 4.78 is 0. The van der Waals surface area contributed by atoms with Crippen LogP contribution < -0.4 is 0 Å². The molecule has 2 rings (SSSR count). The largest absolute Gasteiger partial charge is 0.480 e. The smallest absolute Gasteiger partial charge is 0.327 e. The normalized spacial score (nSPS) is 19.8. The van der Waals surface area contributed by atoms with Gasteiger partial charge in [-0.25, -0.2) is 4.79 Å². The lowest BCUT2D eigenvalue weighted by atomic mass is 9.87. The molecule has 114 valence electrons. The maximum atomic E-state index is 12.8. The molecule has 1 aliphatic heterocycles. The third kappa shape index (κ3) is 3.52. The molecule has 2 atom stereocenters. The minimum atomic E-state index is -0.938. The zero-order valence-electron chi connectivity index (χ0n) is 12.0. The van der Waals surface area contributed by atoms with E-state index in [2.05, 4.69) is 0 Å². The van der Waals surface area contributed by atoms with Crippen molar-refractivity contribution in [3.63, 3.8) is 0 Å². The Labute approximate surface area is 133 Å². The number of benzene rings is 1. The van der Waals surface area contributed by atoms with E-state index in [4.69, 9.17) is 11.6 Å². The van der Waals surface area contributed by atoms with Crippen molar-refractivity contribution in [1.29, 1.82) is 0 Å². The van der Waals surface area contributed by atoms with Crippen molar-refractivity contribution >= 4 is 35.2 Å². The number of halogens is 1. The maximum Gasteiger partial charge on any atom is 0.327 e. The summed E-state index contributed by atoms with van der Waals surface area (Å²) in [5, 5.41) is 9.85. The van der Waals surface area contributed by atoms with E-state index in [0.29, 0.717) is 16.7 Å². The lowest BCUT2D eigenvalue weighted by Gasteiger charge is -2.28. The van der Waals surface area contributed by atoms with Gasteiger partial charge in [0.05, 0.1) is 11.8 Å². The molecule has 21 heavy (non-hydrogen) atoms. The zero-order chi connectivity index (χ0) is 15.6. The highest BCUT2D eigenvalue weighted by molar-refractivity contribution is 7.99. The molecule has 1 aromatic rings. The van der Waals surface area contributed by atoms with E-state index >= 15 is 0 Å². The Morgan fingerprint density at radius 3 is 2.48 bits per heavy atom. The molecule has 0 saturated carbocycles. The van der Waals surface area contributed by atoms with Crippen molar-refractivity contribution in [3.8, 4) is 0 Å². The average molecular weight is 328 g/mol. The van der Waals surface area contributed by atoms with Gasteiger partial charge in [0.2, 0.25) is 5.91 Å². The first-order valence-electron chi connectivity index (χ1n) is 6.78. The predicted octanol–water partition coefficient (Wildman–Crippen LogP) is 3.07. The number of hydrogen-bond donors (Lipinski definition) is 1. The molecule has 1 heterocycles. The number of carboxylic acids is 1. The summed E-state index contributed by atoms with van der Waals surface area (Å²) in [7, 11) is 0. The van der Waals surface area contributed by atoms with Crippen molar-refractivity contribution in [3.05, 3.63) is 34.9 Å². The molecule has 1 N–H and O–H groups in total. The molecule has 0 aliphatic carbocycles. The quantitative estimate of drug-likeness (QED) is 0.923. The Morgan fingerprint density at radius 1 is 1.33 bits per heavy atom. The fourth-order valence-electron chi connectivity index (χ4n) is 2.53. The highest BCUT2D eigenvalue weighted by atomic mass is 35.5. The fraction of sp³-hybridized carbons (Fsp3) is 0.467. The molecule has 0 radical (unpaired) electrons. The first-order valence-corrected chi connectivity index (χ1v) is 8.31. The maximum absolute atomic E-state index is 12.8. The van der Waals surface area contributed by atoms with Gasteiger partial charge >= 0.3 is 5.97 Å². The minimum absolute atomic E-state index is 0.0821. The van der Waals surface area contributed by atoms with Crippen LogP contribution in [-0.2, 0) is 9.59 Å². The summed E-state index contributed by atoms with van der Waals surface area (Å²) in [6.45, 7) is 3.94. The lowest BCUT2D eigenvalue weighted by Crippen LogP contribution is -2.44. The highest BCUT2D eigenvalue weighted by Gasteiger charge is 2.38. The van der Waals surface area contributed by atoms with Gasteiger partial charge in [0.15, 0.2) is 0 Å². The number of hydrogen-bond acceptors (Lipinski definition) is 3. The Kier molecular flexibility index (Phi) is 5.17. The van der Waals surface area contributed by atoms with Crippen LogP contribution >= 0.6 is 23.4 Å². The summed E-state index contributed by atoms with van der Waals surface area (Å²) >= 11 is 7.37. The van der Waals surface area contributed by atoms with Gasteiger partial charge in [-0.3, -0.25) is 4.79 Å². The first-order chi connectivity index (χ1) is 9.91. The number of thioether (sulfide) groups is 1. The summed E-state index contributed by atoms with van der Waals surface area (Å²) in [6.07, 6.45) is 0. The van der Waals surface area contributed by atoms with Crippen molar-refractivity contribution < 1.29 is 14.7 Å². The third-order valence-electron chi connectivity index (χ3n) is 3.61. The molecule has 0 bridgehead atoms. The van der Waals surface area contributed by atoms with Crippen molar-refractivity contribution in [2.75, 3.05) is 11.6 Å². The van der Waals surface area contributed by atoms with Crippen LogP contribution in [0.5, 0.6) is 0 Å². The average Bonchev–Trinajstić information content (AvgIpc) is 2.90. The number of rotatable bonds is 4. The van der Waals surface area contributed by atoms with Crippen LogP contribution in [0.3, 0.4) is 0 Å². The predicted molar refractivity (Wildman–Crippen MR) is 84.6 cm³/mol. The summed E-state index contributed by atoms with van der Waals surface area (Å²) in [5.41, 5.74) is 0.875. The number of aliphatic carboxylic acids is 1. The van der Waals surface area contributed by atoms with E-state index in [1.54, 1.807) is 12.1 Å². The number of amides is 1. The topological polar surface area (TPSA) is 57.6 Å². The van der Waals surface area contributed by atoms with Crippen LogP contribution in [0.2, 0.25) is 5.02 Å². The second kappa shape index (κ2) is 6.71. The van der Waals surface area contributed by atoms with Crippen LogP contribution in [-0.4, -0.2) is 39.6 Å². The molecule has 4 nitrogen and oxygen atoms in total. The van der Waals surface area contributed by atoms with Crippen LogP contribution in [0.15, 0.2) is 24.3 Å². The van der Waals surface area contributed by atoms with Crippen molar-refractivity contribution in [1.82, 2.24) is 4.90 Å². The zero-order valence-corrected chi connectivity index (χ0v) is 13.5. The Balaban J connectivity index is 2.28. The molecule has 1 saturated heterocycles. The molecule has 0 aromatic heterocycles. The molecule has 1 fully saturated rings. The molecular formula is C15H18ClNO3S. The van der Waals surface area contributed by atoms with E-state index in [-0.39, 0.29) is 17.7 Å². The molecule has 6 heteroatoms. The van der Waals surface area contributed by atoms with E-state index in [1.165, 1.54) is 16.7 Å². The van der Waals surface area contributed by atoms with Crippen LogP contribution in [0.4, 0.5) is 0 Å². The van der Waals surface area contributed by atoms with Gasteiger partial charge in [-0.15, -0.1) is 11.8 Å². The van der Waals surface area contributed by atoms with Crippen LogP contribution in [0, 0.1) is 5.92 Å². The van der Waals surface area contributed by atoms with Crippen molar-refractivity contribution in [2.24, 2.45) is 5.92 Å². The molecular weight excluding hydrogens is 310 g/mol. The molecule has 1 unspecified atom stereocenters. The monoisotopic (exact) mass is 327 g/mol. The van der Waals surface area contributed by atoms with E-state index < -0.39 is 12.0 Å². The highest BCUT2D eigenvalue weighted by Crippen LogP contribution is 2.32. The van der Waals surface area contributed by atoms with E-state index in [9.17, 15) is 14.7 Å².